The van der Waals surface area contributed by atoms with Crippen molar-refractivity contribution in [2.75, 3.05) is 26.4 Å². The maximum Gasteiger partial charge on any atom is 0.220 e. The third-order valence-electron chi connectivity index (χ3n) is 12.3. The van der Waals surface area contributed by atoms with E-state index in [1.54, 1.807) is 12.2 Å². The third-order valence-corrected chi connectivity index (χ3v) is 12.3. The Balaban J connectivity index is 1.56. The van der Waals surface area contributed by atoms with Gasteiger partial charge in [0, 0.05) is 6.42 Å². The molecule has 3 saturated heterocycles. The minimum Gasteiger partial charge on any atom is -0.394 e. The van der Waals surface area contributed by atoms with Gasteiger partial charge in [-0.05, 0) is 77.6 Å². The molecule has 0 radical (unpaired) electrons. The number of nitrogens with one attached hydrogen (secondary N) is 1. The highest BCUT2D eigenvalue weighted by Gasteiger charge is 2.53. The summed E-state index contributed by atoms with van der Waals surface area (Å²) in [4.78, 5) is 13.2. The van der Waals surface area contributed by atoms with E-state index >= 15 is 0 Å². The number of carbonyl (C=O) groups excluding carboxylic acids is 1. The van der Waals surface area contributed by atoms with Crippen LogP contribution in [0.3, 0.4) is 0 Å². The summed E-state index contributed by atoms with van der Waals surface area (Å²) in [5.74, 6) is -0.323. The van der Waals surface area contributed by atoms with Gasteiger partial charge in [0.2, 0.25) is 5.91 Å². The Morgan fingerprint density at radius 1 is 0.535 bits per heavy atom. The van der Waals surface area contributed by atoms with E-state index in [9.17, 15) is 61.0 Å². The molecule has 0 aromatic rings. The van der Waals surface area contributed by atoms with Gasteiger partial charge in [-0.2, -0.15) is 0 Å². The van der Waals surface area contributed by atoms with Gasteiger partial charge in [0.05, 0.1) is 38.6 Å². The van der Waals surface area contributed by atoms with Gasteiger partial charge in [-0.3, -0.25) is 4.79 Å². The van der Waals surface area contributed by atoms with Crippen LogP contribution in [0.25, 0.3) is 0 Å². The van der Waals surface area contributed by atoms with Crippen molar-refractivity contribution in [3.8, 4) is 0 Å². The molecule has 0 bridgehead atoms. The predicted octanol–water partition coefficient (Wildman–Crippen LogP) is 1.69. The molecule has 0 spiro atoms. The first kappa shape index (κ1) is 62.3. The smallest absolute Gasteiger partial charge is 0.220 e. The summed E-state index contributed by atoms with van der Waals surface area (Å²) in [6.45, 7) is 1.25. The Morgan fingerprint density at radius 2 is 1.00 bits per heavy atom. The molecular weight excluding hydrogens is 927 g/mol. The van der Waals surface area contributed by atoms with Gasteiger partial charge in [0.15, 0.2) is 18.9 Å². The molecule has 0 aliphatic carbocycles. The first-order valence-corrected chi connectivity index (χ1v) is 25.3. The quantitative estimate of drug-likeness (QED) is 0.0329. The van der Waals surface area contributed by atoms with E-state index in [-0.39, 0.29) is 18.9 Å². The molecule has 3 aliphatic heterocycles. The van der Waals surface area contributed by atoms with E-state index < -0.39 is 124 Å². The SMILES string of the molecule is C/C=C/CC/C=C/CC/C=C/C(O)C(COC1OC(CO)C(OC2OC(CO)C(OC3OC(CO)C(O)C(O)C3O)C(O)C2O)C(O)C1O)NC(=O)CCCCCC/C=C\C/C=C\C/C=C\C/C=C\CC. The largest absolute Gasteiger partial charge is 0.394 e. The Morgan fingerprint density at radius 3 is 1.56 bits per heavy atom. The lowest BCUT2D eigenvalue weighted by Crippen LogP contribution is -2.66. The fraction of sp³-hybridized carbons (Fsp3) is 0.712. The summed E-state index contributed by atoms with van der Waals surface area (Å²) in [5, 5.41) is 119. The molecule has 17 unspecified atom stereocenters. The Hall–Kier alpha value is -3.03. The maximum absolute atomic E-state index is 13.2. The Labute approximate surface area is 419 Å². The fourth-order valence-electron chi connectivity index (χ4n) is 8.04. The van der Waals surface area contributed by atoms with Gasteiger partial charge >= 0.3 is 0 Å². The zero-order valence-corrected chi connectivity index (χ0v) is 41.4. The van der Waals surface area contributed by atoms with Crippen molar-refractivity contribution >= 4 is 5.91 Å². The molecule has 0 saturated carbocycles. The van der Waals surface area contributed by atoms with Crippen LogP contribution in [0.1, 0.15) is 104 Å². The average molecular weight is 1010 g/mol. The number of ether oxygens (including phenoxy) is 6. The Bertz CT molecular complexity index is 1630. The normalized spacial score (nSPS) is 33.0. The van der Waals surface area contributed by atoms with Crippen molar-refractivity contribution in [3.63, 3.8) is 0 Å². The van der Waals surface area contributed by atoms with Crippen LogP contribution in [0.15, 0.2) is 85.1 Å². The molecule has 3 rings (SSSR count). The van der Waals surface area contributed by atoms with Gasteiger partial charge in [0.1, 0.15) is 73.2 Å². The number of aliphatic hydroxyl groups excluding tert-OH is 11. The number of amides is 1. The van der Waals surface area contributed by atoms with E-state index in [1.165, 1.54) is 0 Å². The zero-order chi connectivity index (χ0) is 52.0. The number of rotatable bonds is 33. The summed E-state index contributed by atoms with van der Waals surface area (Å²) in [5.41, 5.74) is 0. The molecule has 12 N–H and O–H groups in total. The number of aliphatic hydroxyl groups is 11. The minimum absolute atomic E-state index is 0.198. The third kappa shape index (κ3) is 21.8. The molecule has 0 aromatic carbocycles. The van der Waals surface area contributed by atoms with Crippen molar-refractivity contribution in [2.24, 2.45) is 0 Å². The highest BCUT2D eigenvalue weighted by Crippen LogP contribution is 2.33. The highest BCUT2D eigenvalue weighted by molar-refractivity contribution is 5.76. The van der Waals surface area contributed by atoms with Gasteiger partial charge in [-0.15, -0.1) is 0 Å². The number of allylic oxidation sites excluding steroid dienone is 13. The van der Waals surface area contributed by atoms with Crippen LogP contribution in [-0.4, -0.2) is 193 Å². The summed E-state index contributed by atoms with van der Waals surface area (Å²) < 4.78 is 34.0. The fourth-order valence-corrected chi connectivity index (χ4v) is 8.04. The maximum atomic E-state index is 13.2. The van der Waals surface area contributed by atoms with Crippen molar-refractivity contribution in [1.82, 2.24) is 5.32 Å². The monoisotopic (exact) mass is 1010 g/mol. The van der Waals surface area contributed by atoms with Crippen LogP contribution < -0.4 is 5.32 Å². The summed E-state index contributed by atoms with van der Waals surface area (Å²) in [6.07, 6.45) is 13.4. The van der Waals surface area contributed by atoms with E-state index in [1.807, 2.05) is 13.0 Å². The van der Waals surface area contributed by atoms with Crippen molar-refractivity contribution in [1.29, 1.82) is 0 Å². The lowest BCUT2D eigenvalue weighted by Gasteiger charge is -2.48. The topological polar surface area (TPSA) is 307 Å². The molecule has 1 amide bonds. The molecule has 19 nitrogen and oxygen atoms in total. The van der Waals surface area contributed by atoms with Crippen molar-refractivity contribution in [3.05, 3.63) is 85.1 Å². The molecule has 3 fully saturated rings. The second kappa shape index (κ2) is 36.0. The van der Waals surface area contributed by atoms with Gasteiger partial charge in [-0.1, -0.05) is 105 Å². The lowest BCUT2D eigenvalue weighted by molar-refractivity contribution is -0.379. The molecule has 3 heterocycles. The van der Waals surface area contributed by atoms with Gasteiger partial charge < -0.3 is 89.9 Å². The molecule has 19 heteroatoms. The predicted molar refractivity (Wildman–Crippen MR) is 263 cm³/mol. The molecule has 3 aliphatic rings. The van der Waals surface area contributed by atoms with E-state index in [4.69, 9.17) is 28.4 Å². The second-order valence-corrected chi connectivity index (χ2v) is 17.9. The molecule has 406 valence electrons. The van der Waals surface area contributed by atoms with E-state index in [0.29, 0.717) is 12.8 Å². The van der Waals surface area contributed by atoms with Crippen LogP contribution >= 0.6 is 0 Å². The first-order chi connectivity index (χ1) is 34.3. The first-order valence-electron chi connectivity index (χ1n) is 25.3. The summed E-state index contributed by atoms with van der Waals surface area (Å²) in [7, 11) is 0. The molecule has 0 aromatic heterocycles. The van der Waals surface area contributed by atoms with E-state index in [2.05, 4.69) is 79.1 Å². The molecular formula is C52H85NO18. The van der Waals surface area contributed by atoms with Crippen LogP contribution in [0.4, 0.5) is 0 Å². The number of hydrogen-bond acceptors (Lipinski definition) is 18. The standard InChI is InChI=1S/C52H85NO18/c1-3-5-7-9-11-13-14-15-16-17-18-19-20-22-24-26-28-30-40(58)53-35(36(57)29-27-25-23-21-12-10-8-6-4-2)34-66-50-46(64)43(61)48(38(32-55)68-50)71-52-47(65)44(62)49(39(33-56)69-52)70-51-45(63)42(60)41(59)37(31-54)67-51/h4-7,11-13,15-16,18-19,21,27,29,35-39,41-52,54-57,59-65H,3,8-10,14,17,20,22-26,28,30-34H2,1-2H3,(H,53,58)/b6-4+,7-5-,13-11-,16-15-,19-18-,21-12+,29-27+. The Kier molecular flexibility index (Phi) is 31.6. The average Bonchev–Trinajstić information content (AvgIpc) is 3.36. The van der Waals surface area contributed by atoms with Crippen LogP contribution in [-0.2, 0) is 33.2 Å². The number of carbonyl (C=O) groups is 1. The van der Waals surface area contributed by atoms with Crippen molar-refractivity contribution in [2.45, 2.75) is 208 Å². The summed E-state index contributed by atoms with van der Waals surface area (Å²) >= 11 is 0. The highest BCUT2D eigenvalue weighted by atomic mass is 16.8. The number of unbranched alkanes of at least 4 members (excludes halogenated alkanes) is 6. The summed E-state index contributed by atoms with van der Waals surface area (Å²) in [6, 6.07) is -1.01. The molecule has 71 heavy (non-hydrogen) atoms. The second-order valence-electron chi connectivity index (χ2n) is 17.9. The van der Waals surface area contributed by atoms with Crippen LogP contribution in [0, 0.1) is 0 Å². The zero-order valence-electron chi connectivity index (χ0n) is 41.4. The van der Waals surface area contributed by atoms with E-state index in [0.717, 1.165) is 70.6 Å². The minimum atomic E-state index is -1.99. The number of hydrogen-bond donors (Lipinski definition) is 12. The van der Waals surface area contributed by atoms with Crippen LogP contribution in [0.5, 0.6) is 0 Å². The van der Waals surface area contributed by atoms with Crippen LogP contribution in [0.2, 0.25) is 0 Å². The lowest BCUT2D eigenvalue weighted by atomic mass is 9.96. The molecule has 17 atom stereocenters. The van der Waals surface area contributed by atoms with Gasteiger partial charge in [0.25, 0.3) is 0 Å². The van der Waals surface area contributed by atoms with Gasteiger partial charge in [-0.25, -0.2) is 0 Å². The van der Waals surface area contributed by atoms with Crippen molar-refractivity contribution < 1.29 is 89.4 Å².